The van der Waals surface area contributed by atoms with Crippen LogP contribution in [0.4, 0.5) is 11.4 Å². The molecule has 0 amide bonds. The number of nitrogens with one attached hydrogen (secondary N) is 2. The summed E-state index contributed by atoms with van der Waals surface area (Å²) in [6.07, 6.45) is 3.84. The van der Waals surface area contributed by atoms with Crippen molar-refractivity contribution in [3.8, 4) is 0 Å². The molecule has 1 unspecified atom stereocenters. The highest BCUT2D eigenvalue weighted by molar-refractivity contribution is 7.89. The second-order valence-corrected chi connectivity index (χ2v) is 9.14. The molecule has 0 bridgehead atoms. The molecule has 10 heteroatoms. The summed E-state index contributed by atoms with van der Waals surface area (Å²) < 4.78 is 33.1. The van der Waals surface area contributed by atoms with Crippen molar-refractivity contribution in [1.82, 2.24) is 4.72 Å². The summed E-state index contributed by atoms with van der Waals surface area (Å²) in [6.45, 7) is 2.11. The Labute approximate surface area is 169 Å². The molecule has 0 radical (unpaired) electrons. The number of hydrogen-bond donors (Lipinski definition) is 3. The number of furan rings is 1. The molecule has 1 saturated carbocycles. The number of aliphatic hydroxyl groups excluding tert-OH is 1. The van der Waals surface area contributed by atoms with Gasteiger partial charge in [0.15, 0.2) is 0 Å². The Hall–Kier alpha value is -2.43. The maximum absolute atomic E-state index is 12.7. The number of nitro groups is 1. The van der Waals surface area contributed by atoms with Gasteiger partial charge in [0.25, 0.3) is 5.69 Å². The normalized spacial score (nSPS) is 20.9. The molecule has 3 rings (SSSR count). The fourth-order valence-electron chi connectivity index (χ4n) is 3.43. The second-order valence-electron chi connectivity index (χ2n) is 7.43. The van der Waals surface area contributed by atoms with Crippen LogP contribution >= 0.6 is 0 Å². The molecule has 9 nitrogen and oxygen atoms in total. The molecule has 1 atom stereocenters. The van der Waals surface area contributed by atoms with Crippen LogP contribution in [0.5, 0.6) is 0 Å². The fraction of sp³-hybridized carbons (Fsp3) is 0.474. The summed E-state index contributed by atoms with van der Waals surface area (Å²) in [5.74, 6) is 0.907. The Morgan fingerprint density at radius 3 is 2.62 bits per heavy atom. The highest BCUT2D eigenvalue weighted by atomic mass is 32.2. The van der Waals surface area contributed by atoms with Gasteiger partial charge in [0, 0.05) is 18.7 Å². The lowest BCUT2D eigenvalue weighted by Crippen LogP contribution is -2.37. The number of nitrogens with zero attached hydrogens (tertiary/aromatic N) is 1. The van der Waals surface area contributed by atoms with E-state index in [2.05, 4.69) is 17.0 Å². The Morgan fingerprint density at radius 2 is 2.00 bits per heavy atom. The quantitative estimate of drug-likeness (QED) is 0.438. The van der Waals surface area contributed by atoms with Crippen molar-refractivity contribution in [3.63, 3.8) is 0 Å². The Balaban J connectivity index is 1.73. The predicted octanol–water partition coefficient (Wildman–Crippen LogP) is 3.19. The molecule has 1 aliphatic rings. The zero-order chi connectivity index (χ0) is 21.0. The minimum Gasteiger partial charge on any atom is -0.467 e. The lowest BCUT2D eigenvalue weighted by Gasteiger charge is -2.26. The van der Waals surface area contributed by atoms with E-state index in [1.807, 2.05) is 0 Å². The van der Waals surface area contributed by atoms with Gasteiger partial charge in [-0.3, -0.25) is 10.1 Å². The molecular weight excluding hydrogens is 398 g/mol. The van der Waals surface area contributed by atoms with Crippen molar-refractivity contribution < 1.29 is 22.9 Å². The van der Waals surface area contributed by atoms with Gasteiger partial charge in [-0.2, -0.15) is 0 Å². The average Bonchev–Trinajstić information content (AvgIpc) is 3.22. The summed E-state index contributed by atoms with van der Waals surface area (Å²) in [7, 11) is -3.86. The summed E-state index contributed by atoms with van der Waals surface area (Å²) in [5.41, 5.74) is -0.261. The second kappa shape index (κ2) is 8.93. The SMILES string of the molecule is CC1CCC(NS(=O)(=O)c2ccc(NCC(O)c3ccco3)c([N+](=O)[O-])c2)CC1. The van der Waals surface area contributed by atoms with E-state index >= 15 is 0 Å². The smallest absolute Gasteiger partial charge is 0.293 e. The highest BCUT2D eigenvalue weighted by Crippen LogP contribution is 2.30. The van der Waals surface area contributed by atoms with E-state index in [0.717, 1.165) is 31.7 Å². The molecule has 158 valence electrons. The van der Waals surface area contributed by atoms with Gasteiger partial charge in [-0.1, -0.05) is 6.92 Å². The number of aliphatic hydroxyl groups is 1. The van der Waals surface area contributed by atoms with Crippen molar-refractivity contribution in [3.05, 3.63) is 52.5 Å². The molecule has 1 heterocycles. The zero-order valence-corrected chi connectivity index (χ0v) is 16.9. The van der Waals surface area contributed by atoms with Gasteiger partial charge >= 0.3 is 0 Å². The van der Waals surface area contributed by atoms with Crippen LogP contribution in [0.1, 0.15) is 44.5 Å². The van der Waals surface area contributed by atoms with Gasteiger partial charge in [-0.05, 0) is 55.9 Å². The summed E-state index contributed by atoms with van der Waals surface area (Å²) in [6, 6.07) is 6.76. The van der Waals surface area contributed by atoms with Crippen LogP contribution < -0.4 is 10.0 Å². The topological polar surface area (TPSA) is 135 Å². The number of hydrogen-bond acceptors (Lipinski definition) is 7. The van der Waals surface area contributed by atoms with Gasteiger partial charge < -0.3 is 14.8 Å². The van der Waals surface area contributed by atoms with Gasteiger partial charge in [0.05, 0.1) is 16.1 Å². The lowest BCUT2D eigenvalue weighted by molar-refractivity contribution is -0.384. The molecule has 3 N–H and O–H groups in total. The first-order chi connectivity index (χ1) is 13.8. The molecule has 2 aromatic rings. The van der Waals surface area contributed by atoms with Crippen LogP contribution in [0.25, 0.3) is 0 Å². The van der Waals surface area contributed by atoms with E-state index in [1.165, 1.54) is 18.4 Å². The van der Waals surface area contributed by atoms with Crippen LogP contribution in [-0.4, -0.2) is 31.0 Å². The first kappa shape index (κ1) is 21.3. The number of sulfonamides is 1. The van der Waals surface area contributed by atoms with E-state index in [-0.39, 0.29) is 28.9 Å². The van der Waals surface area contributed by atoms with Crippen LogP contribution in [0.3, 0.4) is 0 Å². The molecule has 1 fully saturated rings. The van der Waals surface area contributed by atoms with Crippen LogP contribution in [-0.2, 0) is 10.0 Å². The third-order valence-electron chi connectivity index (χ3n) is 5.17. The first-order valence-corrected chi connectivity index (χ1v) is 11.0. The van der Waals surface area contributed by atoms with Crippen molar-refractivity contribution in [2.45, 2.75) is 49.6 Å². The number of rotatable bonds is 8. The summed E-state index contributed by atoms with van der Waals surface area (Å²) >= 11 is 0. The molecule has 0 saturated heterocycles. The van der Waals surface area contributed by atoms with Gasteiger partial charge in [-0.15, -0.1) is 0 Å². The maximum atomic E-state index is 12.7. The van der Waals surface area contributed by atoms with E-state index in [1.54, 1.807) is 12.1 Å². The van der Waals surface area contributed by atoms with E-state index in [9.17, 15) is 23.6 Å². The fourth-order valence-corrected chi connectivity index (χ4v) is 4.76. The molecule has 1 aromatic carbocycles. The zero-order valence-electron chi connectivity index (χ0n) is 16.1. The van der Waals surface area contributed by atoms with Gasteiger partial charge in [0.2, 0.25) is 10.0 Å². The van der Waals surface area contributed by atoms with E-state index in [4.69, 9.17) is 4.42 Å². The van der Waals surface area contributed by atoms with E-state index in [0.29, 0.717) is 11.7 Å². The largest absolute Gasteiger partial charge is 0.467 e. The van der Waals surface area contributed by atoms with Crippen molar-refractivity contribution in [2.24, 2.45) is 5.92 Å². The van der Waals surface area contributed by atoms with E-state index < -0.39 is 21.1 Å². The molecule has 1 aliphatic carbocycles. The maximum Gasteiger partial charge on any atom is 0.293 e. The Kier molecular flexibility index (Phi) is 6.56. The monoisotopic (exact) mass is 423 g/mol. The third kappa shape index (κ3) is 5.34. The van der Waals surface area contributed by atoms with Gasteiger partial charge in [0.1, 0.15) is 17.6 Å². The van der Waals surface area contributed by atoms with Crippen LogP contribution in [0.15, 0.2) is 45.9 Å². The minimum absolute atomic E-state index is 0.0288. The van der Waals surface area contributed by atoms with Crippen molar-refractivity contribution in [1.29, 1.82) is 0 Å². The van der Waals surface area contributed by atoms with Gasteiger partial charge in [-0.25, -0.2) is 13.1 Å². The highest BCUT2D eigenvalue weighted by Gasteiger charge is 2.26. The third-order valence-corrected chi connectivity index (χ3v) is 6.69. The first-order valence-electron chi connectivity index (χ1n) is 9.52. The predicted molar refractivity (Wildman–Crippen MR) is 107 cm³/mol. The minimum atomic E-state index is -3.86. The summed E-state index contributed by atoms with van der Waals surface area (Å²) in [5, 5.41) is 24.3. The van der Waals surface area contributed by atoms with Crippen molar-refractivity contribution >= 4 is 21.4 Å². The van der Waals surface area contributed by atoms with Crippen LogP contribution in [0.2, 0.25) is 0 Å². The van der Waals surface area contributed by atoms with Crippen molar-refractivity contribution in [2.75, 3.05) is 11.9 Å². The number of benzene rings is 1. The molecule has 0 aliphatic heterocycles. The standard InChI is InChI=1S/C19H25N3O6S/c1-13-4-6-14(7-5-13)21-29(26,27)15-8-9-16(17(11-15)22(24)25)20-12-18(23)19-3-2-10-28-19/h2-3,8-11,13-14,18,20-21,23H,4-7,12H2,1H3. The average molecular weight is 423 g/mol. The number of nitro benzene ring substituents is 1. The molecule has 1 aromatic heterocycles. The molecule has 29 heavy (non-hydrogen) atoms. The molecular formula is C19H25N3O6S. The lowest BCUT2D eigenvalue weighted by atomic mass is 9.88. The number of anilines is 1. The molecule has 0 spiro atoms. The Bertz CT molecular complexity index is 937. The Morgan fingerprint density at radius 1 is 1.28 bits per heavy atom. The summed E-state index contributed by atoms with van der Waals surface area (Å²) in [4.78, 5) is 10.7. The van der Waals surface area contributed by atoms with Crippen LogP contribution in [0, 0.1) is 16.0 Å².